The van der Waals surface area contributed by atoms with E-state index in [0.717, 1.165) is 32.5 Å². The molecule has 173 valence electrons. The van der Waals surface area contributed by atoms with Crippen LogP contribution in [-0.4, -0.2) is 34.5 Å². The lowest BCUT2D eigenvalue weighted by molar-refractivity contribution is 0.0453. The highest BCUT2D eigenvalue weighted by atomic mass is 28.3. The molecule has 1 N–H and O–H groups in total. The molecule has 0 amide bonds. The number of hydrogen-bond donors (Lipinski definition) is 1. The van der Waals surface area contributed by atoms with Gasteiger partial charge in [0.15, 0.2) is 0 Å². The number of ether oxygens (including phenoxy) is 1. The van der Waals surface area contributed by atoms with E-state index in [1.165, 1.54) is 21.5 Å². The molecule has 0 aliphatic carbocycles. The van der Waals surface area contributed by atoms with Crippen molar-refractivity contribution in [3.05, 3.63) is 96.1 Å². The van der Waals surface area contributed by atoms with Gasteiger partial charge in [0.25, 0.3) is 9.04 Å². The number of rotatable bonds is 8. The molecule has 1 radical (unpaired) electrons. The predicted octanol–water partition coefficient (Wildman–Crippen LogP) is 4.44. The molecule has 3 nitrogen and oxygen atoms in total. The first-order chi connectivity index (χ1) is 16.0. The van der Waals surface area contributed by atoms with Crippen molar-refractivity contribution in [3.63, 3.8) is 0 Å². The lowest BCUT2D eigenvalue weighted by atomic mass is 9.87. The summed E-state index contributed by atoms with van der Waals surface area (Å²) < 4.78 is 12.7. The topological polar surface area (TPSA) is 30.5 Å². The highest BCUT2D eigenvalue weighted by Gasteiger charge is 2.27. The van der Waals surface area contributed by atoms with E-state index in [0.29, 0.717) is 6.04 Å². The lowest BCUT2D eigenvalue weighted by Gasteiger charge is -2.31. The van der Waals surface area contributed by atoms with Gasteiger partial charge >= 0.3 is 0 Å². The highest BCUT2D eigenvalue weighted by Crippen LogP contribution is 2.21. The fraction of sp³-hybridized carbons (Fsp3) is 0.379. The molecule has 33 heavy (non-hydrogen) atoms. The molecule has 0 aromatic heterocycles. The summed E-state index contributed by atoms with van der Waals surface area (Å²) in [6, 6.07) is 30.7. The molecule has 3 aromatic rings. The van der Waals surface area contributed by atoms with E-state index in [-0.39, 0.29) is 11.6 Å². The van der Waals surface area contributed by atoms with Crippen LogP contribution in [0.25, 0.3) is 0 Å². The first-order valence-electron chi connectivity index (χ1n) is 12.1. The minimum Gasteiger partial charge on any atom is -0.391 e. The summed E-state index contributed by atoms with van der Waals surface area (Å²) >= 11 is 0. The highest BCUT2D eigenvalue weighted by molar-refractivity contribution is 6.80. The summed E-state index contributed by atoms with van der Waals surface area (Å²) in [4.78, 5) is 0. The largest absolute Gasteiger partial charge is 0.391 e. The number of benzene rings is 3. The van der Waals surface area contributed by atoms with Gasteiger partial charge in [-0.05, 0) is 39.8 Å². The summed E-state index contributed by atoms with van der Waals surface area (Å²) in [6.07, 6.45) is 2.98. The van der Waals surface area contributed by atoms with Gasteiger partial charge in [-0.15, -0.1) is 0 Å². The van der Waals surface area contributed by atoms with E-state index in [2.05, 4.69) is 111 Å². The third-order valence-electron chi connectivity index (χ3n) is 6.16. The van der Waals surface area contributed by atoms with Gasteiger partial charge < -0.3 is 9.16 Å². The first-order valence-corrected chi connectivity index (χ1v) is 13.5. The molecular formula is C29H36NO2Si. The van der Waals surface area contributed by atoms with Crippen LogP contribution >= 0.6 is 0 Å². The molecule has 3 aromatic carbocycles. The number of hydrogen-bond acceptors (Lipinski definition) is 3. The molecule has 1 fully saturated rings. The minimum atomic E-state index is -1.43. The summed E-state index contributed by atoms with van der Waals surface area (Å²) in [6.45, 7) is 8.39. The van der Waals surface area contributed by atoms with Crippen molar-refractivity contribution in [1.82, 2.24) is 5.32 Å². The molecule has 4 heteroatoms. The van der Waals surface area contributed by atoms with Gasteiger partial charge in [0, 0.05) is 19.1 Å². The van der Waals surface area contributed by atoms with E-state index in [4.69, 9.17) is 9.16 Å². The molecule has 2 unspecified atom stereocenters. The van der Waals surface area contributed by atoms with Gasteiger partial charge in [0.1, 0.15) is 6.23 Å². The second-order valence-electron chi connectivity index (χ2n) is 9.90. The fourth-order valence-electron chi connectivity index (χ4n) is 4.25. The van der Waals surface area contributed by atoms with Gasteiger partial charge in [-0.1, -0.05) is 106 Å². The van der Waals surface area contributed by atoms with Crippen molar-refractivity contribution in [1.29, 1.82) is 0 Å². The Balaban J connectivity index is 1.61. The molecule has 0 spiro atoms. The normalized spacial score (nSPS) is 17.8. The third-order valence-corrected chi connectivity index (χ3v) is 8.39. The average molecular weight is 459 g/mol. The quantitative estimate of drug-likeness (QED) is 0.400. The molecule has 1 saturated heterocycles. The van der Waals surface area contributed by atoms with Crippen LogP contribution in [0.15, 0.2) is 84.9 Å². The smallest absolute Gasteiger partial charge is 0.284 e. The van der Waals surface area contributed by atoms with Crippen LogP contribution in [-0.2, 0) is 21.0 Å². The van der Waals surface area contributed by atoms with E-state index in [1.807, 2.05) is 0 Å². The van der Waals surface area contributed by atoms with Crippen molar-refractivity contribution < 1.29 is 9.16 Å². The maximum Gasteiger partial charge on any atom is 0.284 e. The molecule has 1 aliphatic rings. The van der Waals surface area contributed by atoms with Crippen LogP contribution in [0.1, 0.15) is 44.7 Å². The summed E-state index contributed by atoms with van der Waals surface area (Å²) in [5.74, 6) is 0. The van der Waals surface area contributed by atoms with Crippen LogP contribution in [0.2, 0.25) is 0 Å². The molecular weight excluding hydrogens is 422 g/mol. The fourth-order valence-corrected chi connectivity index (χ4v) is 6.26. The van der Waals surface area contributed by atoms with Crippen LogP contribution in [0, 0.1) is 0 Å². The SMILES string of the molecule is CC(C)(C)c1ccc([Si](OC(Cc2ccccc2)NC2CCCOC2)c2ccccc2)cc1. The lowest BCUT2D eigenvalue weighted by Crippen LogP contribution is -2.53. The molecule has 1 heterocycles. The van der Waals surface area contributed by atoms with Crippen LogP contribution in [0.4, 0.5) is 0 Å². The summed E-state index contributed by atoms with van der Waals surface area (Å²) in [7, 11) is -1.43. The number of nitrogens with one attached hydrogen (secondary N) is 1. The van der Waals surface area contributed by atoms with E-state index in [9.17, 15) is 0 Å². The molecule has 0 bridgehead atoms. The van der Waals surface area contributed by atoms with Crippen molar-refractivity contribution >= 4 is 19.4 Å². The Morgan fingerprint density at radius 1 is 0.909 bits per heavy atom. The molecule has 4 rings (SSSR count). The van der Waals surface area contributed by atoms with Crippen LogP contribution < -0.4 is 15.7 Å². The Bertz CT molecular complexity index is 964. The Labute approximate surface area is 200 Å². The van der Waals surface area contributed by atoms with E-state index < -0.39 is 9.04 Å². The first kappa shape index (κ1) is 23.9. The Hall–Kier alpha value is -2.24. The van der Waals surface area contributed by atoms with Gasteiger partial charge in [0.2, 0.25) is 0 Å². The standard InChI is InChI=1S/C29H36NO2Si/c1-29(2,3)24-16-18-27(19-17-24)33(26-14-8-5-9-15-26)32-28(21-23-11-6-4-7-12-23)30-25-13-10-20-31-22-25/h4-9,11-12,14-19,25,28,30H,10,13,20-22H2,1-3H3. The van der Waals surface area contributed by atoms with Crippen molar-refractivity contribution in [3.8, 4) is 0 Å². The van der Waals surface area contributed by atoms with Crippen molar-refractivity contribution in [2.45, 2.75) is 57.7 Å². The zero-order chi connectivity index (χ0) is 23.1. The molecule has 2 atom stereocenters. The van der Waals surface area contributed by atoms with Crippen LogP contribution in [0.3, 0.4) is 0 Å². The third kappa shape index (κ3) is 6.87. The van der Waals surface area contributed by atoms with E-state index in [1.54, 1.807) is 0 Å². The summed E-state index contributed by atoms with van der Waals surface area (Å²) in [5.41, 5.74) is 2.76. The van der Waals surface area contributed by atoms with Gasteiger partial charge in [-0.2, -0.15) is 0 Å². The second kappa shape index (κ2) is 11.3. The predicted molar refractivity (Wildman–Crippen MR) is 139 cm³/mol. The van der Waals surface area contributed by atoms with E-state index >= 15 is 0 Å². The van der Waals surface area contributed by atoms with Crippen molar-refractivity contribution in [2.24, 2.45) is 0 Å². The van der Waals surface area contributed by atoms with Gasteiger partial charge in [-0.3, -0.25) is 5.32 Å². The Morgan fingerprint density at radius 3 is 2.15 bits per heavy atom. The second-order valence-corrected chi connectivity index (χ2v) is 11.9. The average Bonchev–Trinajstić information content (AvgIpc) is 2.84. The maximum atomic E-state index is 6.99. The van der Waals surface area contributed by atoms with Crippen LogP contribution in [0.5, 0.6) is 0 Å². The Kier molecular flexibility index (Phi) is 8.15. The van der Waals surface area contributed by atoms with Crippen molar-refractivity contribution in [2.75, 3.05) is 13.2 Å². The zero-order valence-corrected chi connectivity index (χ0v) is 21.1. The minimum absolute atomic E-state index is 0.0736. The summed E-state index contributed by atoms with van der Waals surface area (Å²) in [5, 5.41) is 6.33. The van der Waals surface area contributed by atoms with Gasteiger partial charge in [-0.25, -0.2) is 0 Å². The molecule has 1 aliphatic heterocycles. The Morgan fingerprint density at radius 2 is 1.55 bits per heavy atom. The monoisotopic (exact) mass is 458 g/mol. The van der Waals surface area contributed by atoms with Gasteiger partial charge in [0.05, 0.1) is 6.61 Å². The molecule has 0 saturated carbocycles. The maximum absolute atomic E-state index is 6.99. The zero-order valence-electron chi connectivity index (χ0n) is 20.1.